The first-order valence-corrected chi connectivity index (χ1v) is 12.3. The van der Waals surface area contributed by atoms with Gasteiger partial charge in [0.15, 0.2) is 11.5 Å². The van der Waals surface area contributed by atoms with Crippen LogP contribution in [0.25, 0.3) is 22.4 Å². The standard InChI is InChI=1S/C27H25F3N8O/c1-14(11-20(31)27(28,29)30)34-17-7-3-15(4-8-17)12-38-25-21-18(9-10-19(21)37-38)35-24(36-25)22-23(16-5-6-16)32-13-33-26(22)39-2/h3-4,7-8,11,13,16H,5-6,9-10,12,31H2,1-2H3/b20-11-,34-14?/i2D3. The average Bonchev–Trinajstić information content (AvgIpc) is 3.59. The SMILES string of the molecule is [2H]C([2H])([2H])Oc1ncnc(C2CC2)c1-c1nc2c3c(nn(Cc4ccc(N=C(C)/C=C(\N)C(F)(F)F)cc4)c3n1)CC2. The minimum absolute atomic E-state index is 0.0824. The van der Waals surface area contributed by atoms with Crippen LogP contribution in [0, 0.1) is 0 Å². The molecule has 4 aromatic rings. The van der Waals surface area contributed by atoms with Crippen LogP contribution >= 0.6 is 0 Å². The van der Waals surface area contributed by atoms with E-state index < -0.39 is 18.9 Å². The molecule has 3 heterocycles. The first-order chi connectivity index (χ1) is 19.9. The van der Waals surface area contributed by atoms with E-state index in [1.54, 1.807) is 16.8 Å². The number of nitrogens with zero attached hydrogens (tertiary/aromatic N) is 7. The molecule has 0 amide bonds. The van der Waals surface area contributed by atoms with Crippen LogP contribution in [0.4, 0.5) is 18.9 Å². The molecule has 2 aliphatic rings. The van der Waals surface area contributed by atoms with Gasteiger partial charge in [0.2, 0.25) is 5.88 Å². The molecule has 2 N–H and O–H groups in total. The molecule has 2 aliphatic carbocycles. The number of ether oxygens (including phenoxy) is 1. The van der Waals surface area contributed by atoms with E-state index >= 15 is 0 Å². The summed E-state index contributed by atoms with van der Waals surface area (Å²) in [6, 6.07) is 7.01. The highest BCUT2D eigenvalue weighted by Crippen LogP contribution is 2.45. The van der Waals surface area contributed by atoms with E-state index in [1.807, 2.05) is 12.1 Å². The van der Waals surface area contributed by atoms with Crippen molar-refractivity contribution < 1.29 is 22.0 Å². The van der Waals surface area contributed by atoms with Crippen LogP contribution in [0.5, 0.6) is 5.88 Å². The summed E-state index contributed by atoms with van der Waals surface area (Å²) in [5.41, 5.74) is 8.66. The number of allylic oxidation sites excluding steroid dienone is 2. The highest BCUT2D eigenvalue weighted by Gasteiger charge is 2.33. The topological polar surface area (TPSA) is 117 Å². The van der Waals surface area contributed by atoms with E-state index in [4.69, 9.17) is 29.6 Å². The maximum absolute atomic E-state index is 12.7. The summed E-state index contributed by atoms with van der Waals surface area (Å²) in [5.74, 6) is 0.363. The molecular weight excluding hydrogens is 509 g/mol. The Balaban J connectivity index is 1.34. The van der Waals surface area contributed by atoms with Gasteiger partial charge in [-0.2, -0.15) is 18.3 Å². The summed E-state index contributed by atoms with van der Waals surface area (Å²) in [5, 5.41) is 5.64. The van der Waals surface area contributed by atoms with Crippen LogP contribution in [0.1, 0.15) is 52.4 Å². The normalized spacial score (nSPS) is 17.3. The van der Waals surface area contributed by atoms with Gasteiger partial charge in [-0.25, -0.2) is 24.6 Å². The Labute approximate surface area is 225 Å². The summed E-state index contributed by atoms with van der Waals surface area (Å²) in [7, 11) is -2.71. The third-order valence-electron chi connectivity index (χ3n) is 6.73. The smallest absolute Gasteiger partial charge is 0.430 e. The number of rotatable bonds is 7. The Hall–Kier alpha value is -4.35. The third-order valence-corrected chi connectivity index (χ3v) is 6.73. The molecule has 0 aliphatic heterocycles. The molecule has 0 saturated heterocycles. The Bertz CT molecular complexity index is 1740. The van der Waals surface area contributed by atoms with E-state index in [0.29, 0.717) is 47.8 Å². The number of alkyl halides is 3. The zero-order valence-electron chi connectivity index (χ0n) is 23.8. The van der Waals surface area contributed by atoms with Crippen molar-refractivity contribution in [3.05, 3.63) is 65.0 Å². The minimum atomic E-state index is -4.62. The van der Waals surface area contributed by atoms with Crippen molar-refractivity contribution in [1.29, 1.82) is 0 Å². The lowest BCUT2D eigenvalue weighted by molar-refractivity contribution is -0.0925. The van der Waals surface area contributed by atoms with Gasteiger partial charge < -0.3 is 10.5 Å². The van der Waals surface area contributed by atoms with Crippen molar-refractivity contribution in [2.75, 3.05) is 7.04 Å². The van der Waals surface area contributed by atoms with Gasteiger partial charge >= 0.3 is 6.18 Å². The number of benzene rings is 1. The molecule has 1 saturated carbocycles. The van der Waals surface area contributed by atoms with Gasteiger partial charge in [0.05, 0.1) is 45.9 Å². The predicted octanol–water partition coefficient (Wildman–Crippen LogP) is 4.81. The van der Waals surface area contributed by atoms with Gasteiger partial charge in [-0.3, -0.25) is 4.99 Å². The van der Waals surface area contributed by atoms with E-state index in [9.17, 15) is 13.2 Å². The second-order valence-electron chi connectivity index (χ2n) is 9.63. The van der Waals surface area contributed by atoms with Gasteiger partial charge in [-0.05, 0) is 56.4 Å². The average molecular weight is 538 g/mol. The summed E-state index contributed by atoms with van der Waals surface area (Å²) in [6.07, 6.45) is 0.674. The Morgan fingerprint density at radius 3 is 2.67 bits per heavy atom. The maximum atomic E-state index is 12.7. The van der Waals surface area contributed by atoms with E-state index in [-0.39, 0.29) is 17.5 Å². The molecule has 3 aromatic heterocycles. The fourth-order valence-electron chi connectivity index (χ4n) is 4.76. The molecule has 1 aromatic carbocycles. The van der Waals surface area contributed by atoms with Crippen molar-refractivity contribution in [3.8, 4) is 17.3 Å². The zero-order valence-corrected chi connectivity index (χ0v) is 20.8. The zero-order chi connectivity index (χ0) is 29.8. The summed E-state index contributed by atoms with van der Waals surface area (Å²) >= 11 is 0. The monoisotopic (exact) mass is 537 g/mol. The second kappa shape index (κ2) is 9.44. The summed E-state index contributed by atoms with van der Waals surface area (Å²) < 4.78 is 68.0. The quantitative estimate of drug-likeness (QED) is 0.336. The lowest BCUT2D eigenvalue weighted by Gasteiger charge is -2.12. The highest BCUT2D eigenvalue weighted by molar-refractivity contribution is 5.95. The van der Waals surface area contributed by atoms with Crippen molar-refractivity contribution in [1.82, 2.24) is 29.7 Å². The third kappa shape index (κ3) is 4.82. The fraction of sp³-hybridized carbons (Fsp3) is 0.333. The van der Waals surface area contributed by atoms with E-state index in [1.165, 1.54) is 13.3 Å². The van der Waals surface area contributed by atoms with Crippen molar-refractivity contribution >= 4 is 22.4 Å². The van der Waals surface area contributed by atoms with Crippen LogP contribution in [0.15, 0.2) is 47.4 Å². The Morgan fingerprint density at radius 1 is 1.18 bits per heavy atom. The fourth-order valence-corrected chi connectivity index (χ4v) is 4.76. The number of hydrogen-bond acceptors (Lipinski definition) is 8. The molecule has 1 fully saturated rings. The molecule has 0 atom stereocenters. The maximum Gasteiger partial charge on any atom is 0.430 e. The van der Waals surface area contributed by atoms with Crippen molar-refractivity contribution in [2.24, 2.45) is 10.7 Å². The van der Waals surface area contributed by atoms with Crippen LogP contribution < -0.4 is 10.5 Å². The first-order valence-electron chi connectivity index (χ1n) is 13.8. The first kappa shape index (κ1) is 21.6. The van der Waals surface area contributed by atoms with Crippen LogP contribution in [-0.2, 0) is 19.4 Å². The molecule has 39 heavy (non-hydrogen) atoms. The van der Waals surface area contributed by atoms with Crippen LogP contribution in [0.3, 0.4) is 0 Å². The lowest BCUT2D eigenvalue weighted by Crippen LogP contribution is -2.20. The molecule has 9 nitrogen and oxygen atoms in total. The van der Waals surface area contributed by atoms with E-state index in [0.717, 1.165) is 41.3 Å². The van der Waals surface area contributed by atoms with Crippen LogP contribution in [-0.4, -0.2) is 48.6 Å². The molecule has 6 rings (SSSR count). The van der Waals surface area contributed by atoms with E-state index in [2.05, 4.69) is 15.0 Å². The molecule has 0 unspecified atom stereocenters. The number of aryl methyl sites for hydroxylation is 2. The second-order valence-corrected chi connectivity index (χ2v) is 9.63. The van der Waals surface area contributed by atoms with Gasteiger partial charge in [0, 0.05) is 11.6 Å². The van der Waals surface area contributed by atoms with Gasteiger partial charge in [0.25, 0.3) is 0 Å². The van der Waals surface area contributed by atoms with Gasteiger partial charge in [-0.1, -0.05) is 12.1 Å². The highest BCUT2D eigenvalue weighted by atomic mass is 19.4. The summed E-state index contributed by atoms with van der Waals surface area (Å²) in [6.45, 7) is 1.80. The molecule has 0 radical (unpaired) electrons. The number of methoxy groups -OCH3 is 1. The number of halogens is 3. The molecule has 200 valence electrons. The Kier molecular flexibility index (Phi) is 5.22. The minimum Gasteiger partial charge on any atom is -0.480 e. The number of aromatic nitrogens is 6. The molecule has 12 heteroatoms. The molecule has 0 bridgehead atoms. The number of hydrogen-bond donors (Lipinski definition) is 1. The van der Waals surface area contributed by atoms with Crippen LogP contribution in [0.2, 0.25) is 0 Å². The number of aliphatic imine (C=N–C) groups is 1. The molecule has 0 spiro atoms. The number of nitrogens with two attached hydrogens (primary N) is 1. The Morgan fingerprint density at radius 2 is 1.95 bits per heavy atom. The van der Waals surface area contributed by atoms with Gasteiger partial charge in [-0.15, -0.1) is 0 Å². The van der Waals surface area contributed by atoms with Gasteiger partial charge in [0.1, 0.15) is 17.6 Å². The predicted molar refractivity (Wildman–Crippen MR) is 139 cm³/mol. The van der Waals surface area contributed by atoms with Crippen molar-refractivity contribution in [2.45, 2.75) is 51.2 Å². The summed E-state index contributed by atoms with van der Waals surface area (Å²) in [4.78, 5) is 22.4. The van der Waals surface area contributed by atoms with Crippen molar-refractivity contribution in [3.63, 3.8) is 0 Å². The molecular formula is C27H25F3N8O. The lowest BCUT2D eigenvalue weighted by atomic mass is 10.1. The largest absolute Gasteiger partial charge is 0.480 e.